The highest BCUT2D eigenvalue weighted by Crippen LogP contribution is 2.29. The first kappa shape index (κ1) is 24.9. The second kappa shape index (κ2) is 10.6. The predicted molar refractivity (Wildman–Crippen MR) is 137 cm³/mol. The molecular formula is C26H30N6O4. The number of nitrogens with zero attached hydrogens (tertiary/aromatic N) is 4. The summed E-state index contributed by atoms with van der Waals surface area (Å²) in [4.78, 5) is 32.8. The molecule has 0 spiro atoms. The lowest BCUT2D eigenvalue weighted by atomic mass is 10.1. The first-order valence-corrected chi connectivity index (χ1v) is 11.7. The molecule has 1 aromatic carbocycles. The minimum absolute atomic E-state index is 0.405. The average Bonchev–Trinajstić information content (AvgIpc) is 3.29. The van der Waals surface area contributed by atoms with Gasteiger partial charge in [0.15, 0.2) is 0 Å². The van der Waals surface area contributed by atoms with Crippen molar-refractivity contribution in [2.75, 3.05) is 25.5 Å². The van der Waals surface area contributed by atoms with Crippen molar-refractivity contribution in [3.8, 4) is 0 Å². The molecule has 10 nitrogen and oxygen atoms in total. The number of carbonyl (C=O) groups excluding carboxylic acids is 2. The SMILES string of the molecule is COC(=O)c1ccc2c(c1)nc(NCCc1cnn(CCNC(=O)OC(C)(C)C)c1)c1ccncc12. The first-order valence-electron chi connectivity index (χ1n) is 11.7. The molecule has 2 N–H and O–H groups in total. The van der Waals surface area contributed by atoms with Crippen LogP contribution in [0.5, 0.6) is 0 Å². The van der Waals surface area contributed by atoms with Crippen molar-refractivity contribution >= 4 is 39.6 Å². The van der Waals surface area contributed by atoms with Gasteiger partial charge in [-0.3, -0.25) is 9.67 Å². The highest BCUT2D eigenvalue weighted by molar-refractivity contribution is 6.10. The van der Waals surface area contributed by atoms with Gasteiger partial charge in [-0.05, 0) is 51.0 Å². The summed E-state index contributed by atoms with van der Waals surface area (Å²) in [5, 5.41) is 13.3. The molecule has 0 aliphatic heterocycles. The molecule has 0 aliphatic rings. The zero-order chi connectivity index (χ0) is 25.7. The number of benzene rings is 1. The molecule has 0 saturated heterocycles. The average molecular weight is 491 g/mol. The van der Waals surface area contributed by atoms with Gasteiger partial charge in [-0.1, -0.05) is 6.07 Å². The Labute approximate surface area is 209 Å². The number of carbonyl (C=O) groups is 2. The molecule has 4 rings (SSSR count). The van der Waals surface area contributed by atoms with Crippen LogP contribution in [0, 0.1) is 0 Å². The number of methoxy groups -OCH3 is 1. The maximum Gasteiger partial charge on any atom is 0.407 e. The summed E-state index contributed by atoms with van der Waals surface area (Å²) in [5.41, 5.74) is 1.66. The maximum atomic E-state index is 12.0. The van der Waals surface area contributed by atoms with Gasteiger partial charge in [0.05, 0.1) is 30.9 Å². The first-order chi connectivity index (χ1) is 17.2. The third kappa shape index (κ3) is 6.07. The van der Waals surface area contributed by atoms with Crippen molar-refractivity contribution in [3.63, 3.8) is 0 Å². The van der Waals surface area contributed by atoms with Crippen LogP contribution >= 0.6 is 0 Å². The summed E-state index contributed by atoms with van der Waals surface area (Å²) < 4.78 is 11.9. The molecule has 3 heterocycles. The number of alkyl carbamates (subject to hydrolysis) is 1. The van der Waals surface area contributed by atoms with E-state index in [1.54, 1.807) is 29.2 Å². The Morgan fingerprint density at radius 3 is 2.67 bits per heavy atom. The van der Waals surface area contributed by atoms with E-state index in [0.717, 1.165) is 34.0 Å². The summed E-state index contributed by atoms with van der Waals surface area (Å²) in [6.45, 7) is 7.07. The van der Waals surface area contributed by atoms with Gasteiger partial charge in [0, 0.05) is 47.8 Å². The lowest BCUT2D eigenvalue weighted by Gasteiger charge is -2.19. The molecule has 0 aliphatic carbocycles. The standard InChI is InChI=1S/C26H30N6O4/c1-26(2,3)36-25(34)29-11-12-32-16-17(14-30-32)7-10-28-23-20-8-9-27-15-21(20)19-6-5-18(24(33)35-4)13-22(19)31-23/h5-6,8-9,13-16H,7,10-12H2,1-4H3,(H,28,31)(H,29,34). The van der Waals surface area contributed by atoms with Gasteiger partial charge in [-0.15, -0.1) is 0 Å². The Morgan fingerprint density at radius 1 is 1.06 bits per heavy atom. The molecule has 10 heteroatoms. The van der Waals surface area contributed by atoms with Gasteiger partial charge in [0.1, 0.15) is 11.4 Å². The Morgan fingerprint density at radius 2 is 1.89 bits per heavy atom. The van der Waals surface area contributed by atoms with Crippen molar-refractivity contribution < 1.29 is 19.1 Å². The van der Waals surface area contributed by atoms with Crippen LogP contribution < -0.4 is 10.6 Å². The van der Waals surface area contributed by atoms with Gasteiger partial charge < -0.3 is 20.1 Å². The molecule has 0 saturated carbocycles. The van der Waals surface area contributed by atoms with Crippen molar-refractivity contribution in [1.29, 1.82) is 0 Å². The molecule has 0 unspecified atom stereocenters. The van der Waals surface area contributed by atoms with E-state index in [1.165, 1.54) is 7.11 Å². The van der Waals surface area contributed by atoms with Crippen molar-refractivity contribution in [3.05, 3.63) is 60.2 Å². The van der Waals surface area contributed by atoms with E-state index in [0.29, 0.717) is 30.7 Å². The Kier molecular flexibility index (Phi) is 7.33. The number of nitrogens with one attached hydrogen (secondary N) is 2. The minimum Gasteiger partial charge on any atom is -0.465 e. The van der Waals surface area contributed by atoms with E-state index in [9.17, 15) is 9.59 Å². The Hall–Kier alpha value is -4.21. The quantitative estimate of drug-likeness (QED) is 0.281. The summed E-state index contributed by atoms with van der Waals surface area (Å²) >= 11 is 0. The molecule has 0 atom stereocenters. The lowest BCUT2D eigenvalue weighted by molar-refractivity contribution is 0.0524. The number of rotatable bonds is 8. The highest BCUT2D eigenvalue weighted by atomic mass is 16.6. The Balaban J connectivity index is 1.40. The third-order valence-electron chi connectivity index (χ3n) is 5.42. The fraction of sp³-hybridized carbons (Fsp3) is 0.346. The van der Waals surface area contributed by atoms with Crippen LogP contribution in [0.25, 0.3) is 21.7 Å². The monoisotopic (exact) mass is 490 g/mol. The van der Waals surface area contributed by atoms with Crippen molar-refractivity contribution in [1.82, 2.24) is 25.1 Å². The smallest absolute Gasteiger partial charge is 0.407 e. The normalized spacial score (nSPS) is 11.4. The molecule has 0 fully saturated rings. The van der Waals surface area contributed by atoms with E-state index in [4.69, 9.17) is 14.5 Å². The number of esters is 1. The van der Waals surface area contributed by atoms with Crippen molar-refractivity contribution in [2.45, 2.75) is 39.3 Å². The fourth-order valence-corrected chi connectivity index (χ4v) is 3.80. The molecule has 0 radical (unpaired) electrons. The van der Waals surface area contributed by atoms with Crippen LogP contribution in [-0.4, -0.2) is 57.6 Å². The van der Waals surface area contributed by atoms with Crippen LogP contribution in [0.1, 0.15) is 36.7 Å². The second-order valence-corrected chi connectivity index (χ2v) is 9.32. The topological polar surface area (TPSA) is 120 Å². The number of ether oxygens (including phenoxy) is 2. The predicted octanol–water partition coefficient (Wildman–Crippen LogP) is 3.95. The van der Waals surface area contributed by atoms with E-state index in [1.807, 2.05) is 45.3 Å². The minimum atomic E-state index is -0.526. The fourth-order valence-electron chi connectivity index (χ4n) is 3.80. The third-order valence-corrected chi connectivity index (χ3v) is 5.42. The summed E-state index contributed by atoms with van der Waals surface area (Å²) in [6.07, 6.45) is 7.60. The zero-order valence-electron chi connectivity index (χ0n) is 20.9. The molecule has 36 heavy (non-hydrogen) atoms. The van der Waals surface area contributed by atoms with Gasteiger partial charge in [0.2, 0.25) is 0 Å². The Bertz CT molecular complexity index is 1390. The molecule has 4 aromatic rings. The molecule has 3 aromatic heterocycles. The highest BCUT2D eigenvalue weighted by Gasteiger charge is 2.15. The number of pyridine rings is 2. The number of anilines is 1. The number of amides is 1. The lowest BCUT2D eigenvalue weighted by Crippen LogP contribution is -2.34. The summed E-state index contributed by atoms with van der Waals surface area (Å²) in [6, 6.07) is 7.26. The van der Waals surface area contributed by atoms with Crippen LogP contribution in [-0.2, 0) is 22.4 Å². The van der Waals surface area contributed by atoms with Gasteiger partial charge in [-0.2, -0.15) is 5.10 Å². The zero-order valence-corrected chi connectivity index (χ0v) is 20.9. The summed E-state index contributed by atoms with van der Waals surface area (Å²) in [5.74, 6) is 0.314. The molecule has 0 bridgehead atoms. The number of hydrogen-bond acceptors (Lipinski definition) is 8. The van der Waals surface area contributed by atoms with Crippen molar-refractivity contribution in [2.24, 2.45) is 0 Å². The van der Waals surface area contributed by atoms with Crippen LogP contribution in [0.4, 0.5) is 10.6 Å². The van der Waals surface area contributed by atoms with E-state index in [2.05, 4.69) is 20.7 Å². The van der Waals surface area contributed by atoms with Crippen LogP contribution in [0.2, 0.25) is 0 Å². The number of fused-ring (bicyclic) bond motifs is 3. The van der Waals surface area contributed by atoms with E-state index in [-0.39, 0.29) is 0 Å². The second-order valence-electron chi connectivity index (χ2n) is 9.32. The van der Waals surface area contributed by atoms with E-state index < -0.39 is 17.7 Å². The molecule has 188 valence electrons. The van der Waals surface area contributed by atoms with Crippen LogP contribution in [0.3, 0.4) is 0 Å². The largest absolute Gasteiger partial charge is 0.465 e. The molecular weight excluding hydrogens is 460 g/mol. The van der Waals surface area contributed by atoms with Gasteiger partial charge in [0.25, 0.3) is 0 Å². The van der Waals surface area contributed by atoms with Crippen LogP contribution in [0.15, 0.2) is 49.1 Å². The summed E-state index contributed by atoms with van der Waals surface area (Å²) in [7, 11) is 1.36. The van der Waals surface area contributed by atoms with Gasteiger partial charge >= 0.3 is 12.1 Å². The molecule has 1 amide bonds. The number of aromatic nitrogens is 4. The van der Waals surface area contributed by atoms with E-state index >= 15 is 0 Å². The maximum absolute atomic E-state index is 12.0. The van der Waals surface area contributed by atoms with Gasteiger partial charge in [-0.25, -0.2) is 14.6 Å². The number of hydrogen-bond donors (Lipinski definition) is 2.